The van der Waals surface area contributed by atoms with E-state index in [1.165, 1.54) is 0 Å². The number of nitrogens with one attached hydrogen (secondary N) is 1. The first-order valence-corrected chi connectivity index (χ1v) is 13.8. The quantitative estimate of drug-likeness (QED) is 0.303. The average Bonchev–Trinajstić information content (AvgIpc) is 2.49. The molecule has 30 heavy (non-hydrogen) atoms. The number of amides is 1. The maximum atomic E-state index is 12.6. The second-order valence-electron chi connectivity index (χ2n) is 11.1. The van der Waals surface area contributed by atoms with E-state index < -0.39 is 38.0 Å². The minimum absolute atomic E-state index is 0.0449. The maximum Gasteiger partial charge on any atom is 0.407 e. The SMILES string of the molecule is C=CC[C@H](C[C@H](O[Si](C)(C)C(C)(C)C)[C@H](CC(C)C)NC(=O)OC(C)(C)C)C(=O)O. The lowest BCUT2D eigenvalue weighted by Gasteiger charge is -2.42. The van der Waals surface area contributed by atoms with Crippen LogP contribution in [0.4, 0.5) is 4.79 Å². The zero-order chi connectivity index (χ0) is 23.9. The van der Waals surface area contributed by atoms with E-state index in [2.05, 4.69) is 59.6 Å². The molecule has 0 rings (SSSR count). The first kappa shape index (κ1) is 28.7. The van der Waals surface area contributed by atoms with Gasteiger partial charge in [-0.25, -0.2) is 4.79 Å². The van der Waals surface area contributed by atoms with Crippen molar-refractivity contribution in [2.75, 3.05) is 0 Å². The summed E-state index contributed by atoms with van der Waals surface area (Å²) in [6.07, 6.45) is 2.02. The van der Waals surface area contributed by atoms with Gasteiger partial charge in [0.05, 0.1) is 18.1 Å². The Morgan fingerprint density at radius 3 is 2.00 bits per heavy atom. The number of carboxylic acids is 1. The summed E-state index contributed by atoms with van der Waals surface area (Å²) in [4.78, 5) is 24.4. The van der Waals surface area contributed by atoms with Gasteiger partial charge in [0.2, 0.25) is 0 Å². The van der Waals surface area contributed by atoms with Crippen molar-refractivity contribution in [2.45, 2.75) is 111 Å². The molecule has 0 bridgehead atoms. The topological polar surface area (TPSA) is 84.9 Å². The third-order valence-corrected chi connectivity index (χ3v) is 9.95. The van der Waals surface area contributed by atoms with Gasteiger partial charge < -0.3 is 19.6 Å². The highest BCUT2D eigenvalue weighted by Crippen LogP contribution is 2.39. The number of allylic oxidation sites excluding steroid dienone is 1. The normalized spacial score (nSPS) is 16.0. The zero-order valence-electron chi connectivity index (χ0n) is 20.8. The van der Waals surface area contributed by atoms with Gasteiger partial charge in [0.15, 0.2) is 8.32 Å². The smallest absolute Gasteiger partial charge is 0.407 e. The zero-order valence-corrected chi connectivity index (χ0v) is 21.8. The van der Waals surface area contributed by atoms with Crippen LogP contribution in [0.1, 0.15) is 74.7 Å². The van der Waals surface area contributed by atoms with Gasteiger partial charge in [-0.15, -0.1) is 6.58 Å². The lowest BCUT2D eigenvalue weighted by atomic mass is 9.90. The molecule has 0 aliphatic carbocycles. The second-order valence-corrected chi connectivity index (χ2v) is 15.9. The Hall–Kier alpha value is -1.34. The summed E-state index contributed by atoms with van der Waals surface area (Å²) in [7, 11) is -2.22. The molecular formula is C23H45NO5Si. The number of carbonyl (C=O) groups is 2. The number of carbonyl (C=O) groups excluding carboxylic acids is 1. The molecule has 0 aromatic carbocycles. The van der Waals surface area contributed by atoms with Crippen molar-refractivity contribution < 1.29 is 23.9 Å². The van der Waals surface area contributed by atoms with Crippen molar-refractivity contribution in [2.24, 2.45) is 11.8 Å². The van der Waals surface area contributed by atoms with Gasteiger partial charge in [0.1, 0.15) is 5.60 Å². The molecule has 0 spiro atoms. The molecule has 0 saturated heterocycles. The first-order valence-electron chi connectivity index (χ1n) is 10.9. The van der Waals surface area contributed by atoms with Crippen LogP contribution in [0.25, 0.3) is 0 Å². The summed E-state index contributed by atoms with van der Waals surface area (Å²) < 4.78 is 12.2. The number of rotatable bonds is 11. The molecule has 0 heterocycles. The third kappa shape index (κ3) is 10.6. The molecule has 0 aliphatic rings. The van der Waals surface area contributed by atoms with Crippen LogP contribution in [-0.4, -0.2) is 43.2 Å². The van der Waals surface area contributed by atoms with E-state index in [1.54, 1.807) is 6.08 Å². The molecule has 1 amide bonds. The van der Waals surface area contributed by atoms with E-state index >= 15 is 0 Å². The summed E-state index contributed by atoms with van der Waals surface area (Å²) >= 11 is 0. The molecule has 2 N–H and O–H groups in total. The number of ether oxygens (including phenoxy) is 1. The van der Waals surface area contributed by atoms with Crippen LogP contribution in [0.3, 0.4) is 0 Å². The van der Waals surface area contributed by atoms with Crippen molar-refractivity contribution in [3.8, 4) is 0 Å². The van der Waals surface area contributed by atoms with E-state index in [4.69, 9.17) is 9.16 Å². The number of alkyl carbamates (subject to hydrolysis) is 1. The summed E-state index contributed by atoms with van der Waals surface area (Å²) in [6.45, 7) is 24.0. The van der Waals surface area contributed by atoms with Gasteiger partial charge in [-0.1, -0.05) is 40.7 Å². The molecular weight excluding hydrogens is 398 g/mol. The highest BCUT2D eigenvalue weighted by molar-refractivity contribution is 6.74. The van der Waals surface area contributed by atoms with E-state index in [0.717, 1.165) is 0 Å². The molecule has 0 fully saturated rings. The monoisotopic (exact) mass is 443 g/mol. The molecule has 0 aromatic rings. The summed E-state index contributed by atoms with van der Waals surface area (Å²) in [5.41, 5.74) is -0.616. The fraction of sp³-hybridized carbons (Fsp3) is 0.826. The van der Waals surface area contributed by atoms with Gasteiger partial charge in [-0.3, -0.25) is 4.79 Å². The van der Waals surface area contributed by atoms with E-state index in [0.29, 0.717) is 19.3 Å². The van der Waals surface area contributed by atoms with Crippen LogP contribution in [0.5, 0.6) is 0 Å². The van der Waals surface area contributed by atoms with Crippen LogP contribution < -0.4 is 5.32 Å². The van der Waals surface area contributed by atoms with Gasteiger partial charge >= 0.3 is 12.1 Å². The fourth-order valence-electron chi connectivity index (χ4n) is 2.90. The highest BCUT2D eigenvalue weighted by atomic mass is 28.4. The predicted octanol–water partition coefficient (Wildman–Crippen LogP) is 5.98. The summed E-state index contributed by atoms with van der Waals surface area (Å²) in [5, 5.41) is 12.6. The van der Waals surface area contributed by atoms with Crippen molar-refractivity contribution in [3.63, 3.8) is 0 Å². The van der Waals surface area contributed by atoms with E-state index in [-0.39, 0.29) is 17.0 Å². The van der Waals surface area contributed by atoms with Crippen LogP contribution >= 0.6 is 0 Å². The van der Waals surface area contributed by atoms with Crippen molar-refractivity contribution in [1.82, 2.24) is 5.32 Å². The summed E-state index contributed by atoms with van der Waals surface area (Å²) in [6, 6.07) is -0.347. The van der Waals surface area contributed by atoms with Gasteiger partial charge in [-0.2, -0.15) is 0 Å². The molecule has 0 radical (unpaired) electrons. The number of hydrogen-bond donors (Lipinski definition) is 2. The highest BCUT2D eigenvalue weighted by Gasteiger charge is 2.42. The number of hydrogen-bond acceptors (Lipinski definition) is 4. The Kier molecular flexibility index (Phi) is 10.8. The van der Waals surface area contributed by atoms with Crippen molar-refractivity contribution in [3.05, 3.63) is 12.7 Å². The number of aliphatic carboxylic acids is 1. The van der Waals surface area contributed by atoms with Crippen molar-refractivity contribution in [1.29, 1.82) is 0 Å². The molecule has 0 aliphatic heterocycles. The number of carboxylic acid groups (broad SMARTS) is 1. The van der Waals surface area contributed by atoms with Crippen LogP contribution in [0, 0.1) is 11.8 Å². The van der Waals surface area contributed by atoms with Gasteiger partial charge in [-0.05, 0) is 64.1 Å². The fourth-order valence-corrected chi connectivity index (χ4v) is 4.27. The Bertz CT molecular complexity index is 575. The largest absolute Gasteiger partial charge is 0.481 e. The predicted molar refractivity (Wildman–Crippen MR) is 125 cm³/mol. The third-order valence-electron chi connectivity index (χ3n) is 5.45. The Morgan fingerprint density at radius 2 is 1.63 bits per heavy atom. The molecule has 0 aromatic heterocycles. The van der Waals surface area contributed by atoms with Crippen LogP contribution in [-0.2, 0) is 14.0 Å². The molecule has 3 atom stereocenters. The van der Waals surface area contributed by atoms with E-state index in [9.17, 15) is 14.7 Å². The Morgan fingerprint density at radius 1 is 1.10 bits per heavy atom. The molecule has 0 saturated carbocycles. The first-order chi connectivity index (χ1) is 13.4. The molecule has 7 heteroatoms. The van der Waals surface area contributed by atoms with Crippen LogP contribution in [0.15, 0.2) is 12.7 Å². The Labute approximate surface area is 184 Å². The van der Waals surface area contributed by atoms with Crippen molar-refractivity contribution >= 4 is 20.4 Å². The minimum Gasteiger partial charge on any atom is -0.481 e. The Balaban J connectivity index is 5.95. The summed E-state index contributed by atoms with van der Waals surface area (Å²) in [5.74, 6) is -1.20. The maximum absolute atomic E-state index is 12.6. The van der Waals surface area contributed by atoms with Gasteiger partial charge in [0.25, 0.3) is 0 Å². The van der Waals surface area contributed by atoms with Crippen LogP contribution in [0.2, 0.25) is 18.1 Å². The minimum atomic E-state index is -2.22. The lowest BCUT2D eigenvalue weighted by Crippen LogP contribution is -2.53. The second kappa shape index (κ2) is 11.3. The molecule has 176 valence electrons. The van der Waals surface area contributed by atoms with E-state index in [1.807, 2.05) is 20.8 Å². The lowest BCUT2D eigenvalue weighted by molar-refractivity contribution is -0.142. The average molecular weight is 444 g/mol. The standard InChI is InChI=1S/C23H45NO5Si/c1-12-13-17(20(25)26)15-19(29-30(10,11)23(7,8)9)18(14-16(2)3)24-21(27)28-22(4,5)6/h12,16-19H,1,13-15H2,2-11H3,(H,24,27)(H,25,26)/t17-,18+,19+/m1/s1. The molecule has 0 unspecified atom stereocenters. The molecule has 6 nitrogen and oxygen atoms in total. The van der Waals surface area contributed by atoms with Gasteiger partial charge in [0, 0.05) is 0 Å².